The highest BCUT2D eigenvalue weighted by Gasteiger charge is 2.16. The van der Waals surface area contributed by atoms with Crippen LogP contribution in [0.3, 0.4) is 0 Å². The van der Waals surface area contributed by atoms with Gasteiger partial charge in [-0.3, -0.25) is 0 Å². The predicted molar refractivity (Wildman–Crippen MR) is 42.5 cm³/mol. The SMILES string of the molecule is CCOc1cc(C(F)F)cc(F)c1F. The van der Waals surface area contributed by atoms with Crippen LogP contribution in [0.1, 0.15) is 18.9 Å². The fourth-order valence-corrected chi connectivity index (χ4v) is 0.970. The highest BCUT2D eigenvalue weighted by atomic mass is 19.3. The Bertz CT molecular complexity index is 325. The first-order valence-corrected chi connectivity index (χ1v) is 3.96. The van der Waals surface area contributed by atoms with Crippen LogP contribution in [0.4, 0.5) is 17.6 Å². The molecule has 0 heterocycles. The molecule has 0 fully saturated rings. The van der Waals surface area contributed by atoms with E-state index in [4.69, 9.17) is 0 Å². The first-order chi connectivity index (χ1) is 6.56. The number of hydrogen-bond acceptors (Lipinski definition) is 1. The smallest absolute Gasteiger partial charge is 0.264 e. The van der Waals surface area contributed by atoms with Crippen LogP contribution in [0, 0.1) is 11.6 Å². The second-order valence-corrected chi connectivity index (χ2v) is 2.55. The van der Waals surface area contributed by atoms with Gasteiger partial charge in [0.25, 0.3) is 6.43 Å². The van der Waals surface area contributed by atoms with Crippen molar-refractivity contribution in [3.8, 4) is 5.75 Å². The van der Waals surface area contributed by atoms with E-state index in [0.717, 1.165) is 6.07 Å². The van der Waals surface area contributed by atoms with Gasteiger partial charge in [0.1, 0.15) is 0 Å². The summed E-state index contributed by atoms with van der Waals surface area (Å²) in [5, 5.41) is 0. The maximum atomic E-state index is 12.9. The Kier molecular flexibility index (Phi) is 3.33. The van der Waals surface area contributed by atoms with Crippen LogP contribution in [-0.4, -0.2) is 6.61 Å². The lowest BCUT2D eigenvalue weighted by molar-refractivity contribution is 0.150. The van der Waals surface area contributed by atoms with E-state index in [1.165, 1.54) is 0 Å². The Labute approximate surface area is 78.3 Å². The topological polar surface area (TPSA) is 9.23 Å². The molecule has 0 amide bonds. The second kappa shape index (κ2) is 4.30. The lowest BCUT2D eigenvalue weighted by atomic mass is 10.2. The molecule has 0 atom stereocenters. The predicted octanol–water partition coefficient (Wildman–Crippen LogP) is 3.30. The quantitative estimate of drug-likeness (QED) is 0.692. The molecule has 0 aliphatic carbocycles. The molecule has 1 aromatic carbocycles. The molecular weight excluding hydrogens is 200 g/mol. The van der Waals surface area contributed by atoms with Gasteiger partial charge in [-0.05, 0) is 19.1 Å². The molecule has 0 bridgehead atoms. The van der Waals surface area contributed by atoms with Crippen LogP contribution in [0.15, 0.2) is 12.1 Å². The van der Waals surface area contributed by atoms with Gasteiger partial charge in [-0.1, -0.05) is 0 Å². The Morgan fingerprint density at radius 2 is 1.93 bits per heavy atom. The zero-order valence-electron chi connectivity index (χ0n) is 7.36. The van der Waals surface area contributed by atoms with Gasteiger partial charge in [0.2, 0.25) is 5.82 Å². The molecule has 0 N–H and O–H groups in total. The van der Waals surface area contributed by atoms with Crippen LogP contribution in [0.5, 0.6) is 5.75 Å². The largest absolute Gasteiger partial charge is 0.491 e. The molecular formula is C9H8F4O. The third-order valence-corrected chi connectivity index (χ3v) is 1.57. The number of alkyl halides is 2. The summed E-state index contributed by atoms with van der Waals surface area (Å²) in [4.78, 5) is 0. The van der Waals surface area contributed by atoms with Crippen LogP contribution in [0.2, 0.25) is 0 Å². The molecule has 1 aromatic rings. The molecule has 0 unspecified atom stereocenters. The van der Waals surface area contributed by atoms with E-state index in [0.29, 0.717) is 6.07 Å². The Morgan fingerprint density at radius 3 is 2.43 bits per heavy atom. The van der Waals surface area contributed by atoms with E-state index in [1.807, 2.05) is 0 Å². The summed E-state index contributed by atoms with van der Waals surface area (Å²) in [6.07, 6.45) is -2.84. The van der Waals surface area contributed by atoms with Gasteiger partial charge in [0.05, 0.1) is 6.61 Å². The molecule has 78 valence electrons. The zero-order chi connectivity index (χ0) is 10.7. The van der Waals surface area contributed by atoms with Crippen LogP contribution in [0.25, 0.3) is 0 Å². The van der Waals surface area contributed by atoms with Gasteiger partial charge in [-0.15, -0.1) is 0 Å². The summed E-state index contributed by atoms with van der Waals surface area (Å²) in [6, 6.07) is 1.26. The van der Waals surface area contributed by atoms with Gasteiger partial charge >= 0.3 is 0 Å². The van der Waals surface area contributed by atoms with E-state index in [2.05, 4.69) is 4.74 Å². The highest BCUT2D eigenvalue weighted by molar-refractivity contribution is 5.32. The van der Waals surface area contributed by atoms with Crippen molar-refractivity contribution in [2.24, 2.45) is 0 Å². The van der Waals surface area contributed by atoms with Gasteiger partial charge in [0.15, 0.2) is 11.6 Å². The average Bonchev–Trinajstić information content (AvgIpc) is 2.12. The van der Waals surface area contributed by atoms with E-state index >= 15 is 0 Å². The first kappa shape index (κ1) is 10.8. The molecule has 0 aliphatic heterocycles. The van der Waals surface area contributed by atoms with E-state index in [-0.39, 0.29) is 6.61 Å². The molecule has 0 saturated heterocycles. The molecule has 1 rings (SSSR count). The Hall–Kier alpha value is -1.26. The highest BCUT2D eigenvalue weighted by Crippen LogP contribution is 2.27. The van der Waals surface area contributed by atoms with E-state index in [9.17, 15) is 17.6 Å². The van der Waals surface area contributed by atoms with Crippen LogP contribution < -0.4 is 4.74 Å². The van der Waals surface area contributed by atoms with Gasteiger partial charge < -0.3 is 4.74 Å². The summed E-state index contributed by atoms with van der Waals surface area (Å²) in [7, 11) is 0. The average molecular weight is 208 g/mol. The number of rotatable bonds is 3. The summed E-state index contributed by atoms with van der Waals surface area (Å²) in [6.45, 7) is 1.63. The van der Waals surface area contributed by atoms with Crippen LogP contribution >= 0.6 is 0 Å². The third kappa shape index (κ3) is 2.16. The van der Waals surface area contributed by atoms with Crippen molar-refractivity contribution in [1.29, 1.82) is 0 Å². The molecule has 0 spiro atoms. The molecule has 5 heteroatoms. The standard InChI is InChI=1S/C9H8F4O/c1-2-14-7-4-5(9(12)13)3-6(10)8(7)11/h3-4,9H,2H2,1H3. The van der Waals surface area contributed by atoms with Crippen LogP contribution in [-0.2, 0) is 0 Å². The molecule has 14 heavy (non-hydrogen) atoms. The van der Waals surface area contributed by atoms with Crippen molar-refractivity contribution >= 4 is 0 Å². The number of benzene rings is 1. The monoisotopic (exact) mass is 208 g/mol. The fraction of sp³-hybridized carbons (Fsp3) is 0.333. The maximum Gasteiger partial charge on any atom is 0.264 e. The van der Waals surface area contributed by atoms with Gasteiger partial charge in [-0.25, -0.2) is 13.2 Å². The van der Waals surface area contributed by atoms with Crippen molar-refractivity contribution in [3.63, 3.8) is 0 Å². The number of hydrogen-bond donors (Lipinski definition) is 0. The number of ether oxygens (including phenoxy) is 1. The van der Waals surface area contributed by atoms with Crippen molar-refractivity contribution in [2.45, 2.75) is 13.3 Å². The Balaban J connectivity index is 3.14. The van der Waals surface area contributed by atoms with Crippen molar-refractivity contribution in [2.75, 3.05) is 6.61 Å². The summed E-state index contributed by atoms with van der Waals surface area (Å²) < 4.78 is 54.6. The van der Waals surface area contributed by atoms with E-state index in [1.54, 1.807) is 6.92 Å². The Morgan fingerprint density at radius 1 is 1.29 bits per heavy atom. The lowest BCUT2D eigenvalue weighted by Crippen LogP contribution is -1.99. The molecule has 1 nitrogen and oxygen atoms in total. The third-order valence-electron chi connectivity index (χ3n) is 1.57. The minimum Gasteiger partial charge on any atom is -0.491 e. The van der Waals surface area contributed by atoms with Crippen molar-refractivity contribution in [1.82, 2.24) is 0 Å². The molecule has 0 saturated carbocycles. The minimum atomic E-state index is -2.84. The summed E-state index contributed by atoms with van der Waals surface area (Å²) >= 11 is 0. The fourth-order valence-electron chi connectivity index (χ4n) is 0.970. The summed E-state index contributed by atoms with van der Waals surface area (Å²) in [5.41, 5.74) is -0.590. The molecule has 0 aromatic heterocycles. The van der Waals surface area contributed by atoms with Crippen molar-refractivity contribution < 1.29 is 22.3 Å². The number of halogens is 4. The minimum absolute atomic E-state index is 0.0864. The zero-order valence-corrected chi connectivity index (χ0v) is 7.36. The maximum absolute atomic E-state index is 12.9. The normalized spacial score (nSPS) is 10.7. The van der Waals surface area contributed by atoms with Crippen molar-refractivity contribution in [3.05, 3.63) is 29.3 Å². The lowest BCUT2D eigenvalue weighted by Gasteiger charge is -2.07. The van der Waals surface area contributed by atoms with Gasteiger partial charge in [-0.2, -0.15) is 4.39 Å². The van der Waals surface area contributed by atoms with E-state index < -0.39 is 29.4 Å². The van der Waals surface area contributed by atoms with Gasteiger partial charge in [0, 0.05) is 5.56 Å². The second-order valence-electron chi connectivity index (χ2n) is 2.55. The molecule has 0 radical (unpaired) electrons. The summed E-state index contributed by atoms with van der Waals surface area (Å²) in [5.74, 6) is -3.05. The first-order valence-electron chi connectivity index (χ1n) is 3.96. The molecule has 0 aliphatic rings.